The van der Waals surface area contributed by atoms with Gasteiger partial charge < -0.3 is 9.64 Å². The molecule has 7 heteroatoms. The summed E-state index contributed by atoms with van der Waals surface area (Å²) < 4.78 is 6.58. The van der Waals surface area contributed by atoms with Crippen molar-refractivity contribution in [3.05, 3.63) is 239 Å². The minimum atomic E-state index is -0.629. The molecule has 0 aromatic heterocycles. The highest BCUT2D eigenvalue weighted by atomic mass is 16.5. The Bertz CT molecular complexity index is 3220. The molecular weight excluding hydrogens is 757 g/mol. The van der Waals surface area contributed by atoms with E-state index in [1.54, 1.807) is 0 Å². The second-order valence-electron chi connectivity index (χ2n) is 16.6. The third kappa shape index (κ3) is 5.02. The Labute approximate surface area is 374 Å². The highest BCUT2D eigenvalue weighted by molar-refractivity contribution is 6.69. The van der Waals surface area contributed by atoms with Gasteiger partial charge in [-0.1, -0.05) is 169 Å². The molecule has 0 amide bonds. The van der Waals surface area contributed by atoms with Crippen LogP contribution in [0.15, 0.2) is 194 Å². The van der Waals surface area contributed by atoms with Crippen LogP contribution in [0, 0.1) is 0 Å². The quantitative estimate of drug-likeness (QED) is 0.164. The first-order chi connectivity index (χ1) is 30.8. The third-order valence-electron chi connectivity index (χ3n) is 13.7. The summed E-state index contributed by atoms with van der Waals surface area (Å²) in [6, 6.07) is 68.9. The van der Waals surface area contributed by atoms with Gasteiger partial charge in [0.15, 0.2) is 0 Å². The first-order valence-electron chi connectivity index (χ1n) is 21.1. The number of hydrogen-bond donors (Lipinski definition) is 0. The number of hydrogen-bond acceptors (Lipinski definition) is 2. The van der Waals surface area contributed by atoms with Gasteiger partial charge in [0, 0.05) is 28.2 Å². The first-order valence-corrected chi connectivity index (χ1v) is 21.1. The summed E-state index contributed by atoms with van der Waals surface area (Å²) in [5, 5.41) is 0. The maximum atomic E-state index is 6.97. The molecule has 0 saturated heterocycles. The van der Waals surface area contributed by atoms with Gasteiger partial charge in [0.2, 0.25) is 0 Å². The van der Waals surface area contributed by atoms with Crippen molar-refractivity contribution < 1.29 is 4.74 Å². The molecule has 1 aliphatic heterocycles. The molecule has 0 bridgehead atoms. The lowest BCUT2D eigenvalue weighted by Crippen LogP contribution is -2.56. The molecule has 0 fully saturated rings. The lowest BCUT2D eigenvalue weighted by atomic mass is 9.61. The van der Waals surface area contributed by atoms with Crippen LogP contribution in [0.2, 0.25) is 0 Å². The zero-order valence-electron chi connectivity index (χ0n) is 34.2. The Kier molecular flexibility index (Phi) is 8.34. The fraction of sp³-hybridized carbons (Fsp3) is 0.0357. The highest BCUT2D eigenvalue weighted by Gasteiger charge is 2.51. The second kappa shape index (κ2) is 14.0. The van der Waals surface area contributed by atoms with Gasteiger partial charge in [-0.05, 0) is 92.0 Å². The maximum Gasteiger partial charge on any atom is 0.132 e. The summed E-state index contributed by atoms with van der Waals surface area (Å²) in [7, 11) is 33.6. The molecule has 282 valence electrons. The molecule has 2 nitrogen and oxygen atoms in total. The van der Waals surface area contributed by atoms with E-state index >= 15 is 0 Å². The Morgan fingerprint density at radius 2 is 0.714 bits per heavy atom. The molecule has 0 N–H and O–H groups in total. The molecule has 10 radical (unpaired) electrons. The van der Waals surface area contributed by atoms with E-state index in [2.05, 4.69) is 187 Å². The van der Waals surface area contributed by atoms with Gasteiger partial charge >= 0.3 is 0 Å². The number of rotatable bonds is 5. The summed E-state index contributed by atoms with van der Waals surface area (Å²) in [4.78, 5) is 2.06. The van der Waals surface area contributed by atoms with Crippen LogP contribution < -0.4 is 37.0 Å². The SMILES string of the molecule is [B]c1c([B])c([B])c(N(c2ccc(C3(c4ccccc4)c4ccccc4-c4ccccc43)cc2)c2ccc3c(c2)-c2ccccc2C32c3ccccc3Oc3ccccc32)c([B])c1[B]. The summed E-state index contributed by atoms with van der Waals surface area (Å²) in [5.41, 5.74) is 15.8. The summed E-state index contributed by atoms with van der Waals surface area (Å²) >= 11 is 0. The lowest BCUT2D eigenvalue weighted by Gasteiger charge is -2.39. The number of para-hydroxylation sites is 2. The van der Waals surface area contributed by atoms with Crippen LogP contribution in [0.4, 0.5) is 17.1 Å². The van der Waals surface area contributed by atoms with Crippen molar-refractivity contribution in [1.29, 1.82) is 0 Å². The van der Waals surface area contributed by atoms with E-state index in [9.17, 15) is 0 Å². The van der Waals surface area contributed by atoms with E-state index in [1.807, 2.05) is 12.1 Å². The third-order valence-corrected chi connectivity index (χ3v) is 13.7. The number of fused-ring (bicyclic) bond motifs is 12. The maximum absolute atomic E-state index is 6.97. The van der Waals surface area contributed by atoms with Crippen molar-refractivity contribution in [2.75, 3.05) is 4.90 Å². The van der Waals surface area contributed by atoms with Gasteiger partial charge in [-0.3, -0.25) is 0 Å². The zero-order valence-corrected chi connectivity index (χ0v) is 34.2. The number of benzene rings is 9. The topological polar surface area (TPSA) is 12.5 Å². The summed E-state index contributed by atoms with van der Waals surface area (Å²) in [5.74, 6) is 1.66. The van der Waals surface area contributed by atoms with Crippen LogP contribution in [0.5, 0.6) is 11.5 Å². The minimum Gasteiger partial charge on any atom is -0.457 e. The molecule has 1 heterocycles. The van der Waals surface area contributed by atoms with Crippen LogP contribution in [0.1, 0.15) is 44.5 Å². The molecule has 3 aliphatic rings. The van der Waals surface area contributed by atoms with Crippen LogP contribution in [-0.4, -0.2) is 39.2 Å². The normalized spacial score (nSPS) is 14.1. The average Bonchev–Trinajstić information content (AvgIpc) is 3.80. The van der Waals surface area contributed by atoms with Gasteiger partial charge in [-0.25, -0.2) is 0 Å². The van der Waals surface area contributed by atoms with Crippen LogP contribution in [0.25, 0.3) is 22.3 Å². The van der Waals surface area contributed by atoms with Crippen LogP contribution in [0.3, 0.4) is 0 Å². The number of ether oxygens (including phenoxy) is 1. The standard InChI is InChI=1S/C56H32B5NO/c57-49-50(58)52(60)54(53(61)51(49)59)62(35-28-26-34(27-29-35)55(33-14-2-1-3-15-33)41-19-7-4-16-37(41)38-17-5-8-20-42(38)55)36-30-31-44-40(32-36)39-18-6-9-21-43(39)56(44)45-22-10-12-24-47(45)63-48-25-13-11-23-46(48)56/h1-32H. The first kappa shape index (κ1) is 37.6. The van der Waals surface area contributed by atoms with Crippen LogP contribution in [-0.2, 0) is 10.8 Å². The van der Waals surface area contributed by atoms with Gasteiger partial charge in [-0.2, -0.15) is 0 Å². The molecule has 12 rings (SSSR count). The number of nitrogens with zero attached hydrogens (tertiary/aromatic N) is 1. The molecule has 1 spiro atoms. The van der Waals surface area contributed by atoms with E-state index in [0.29, 0.717) is 5.69 Å². The Morgan fingerprint density at radius 1 is 0.317 bits per heavy atom. The van der Waals surface area contributed by atoms with Crippen molar-refractivity contribution >= 4 is 83.6 Å². The fourth-order valence-corrected chi connectivity index (χ4v) is 11.0. The van der Waals surface area contributed by atoms with Crippen molar-refractivity contribution in [1.82, 2.24) is 0 Å². The minimum absolute atomic E-state index is 0.161. The van der Waals surface area contributed by atoms with Crippen molar-refractivity contribution in [2.45, 2.75) is 10.8 Å². The predicted octanol–water partition coefficient (Wildman–Crippen LogP) is 7.96. The predicted molar refractivity (Wildman–Crippen MR) is 263 cm³/mol. The Balaban J connectivity index is 1.10. The zero-order chi connectivity index (χ0) is 42.6. The lowest BCUT2D eigenvalue weighted by molar-refractivity contribution is 0.436. The van der Waals surface area contributed by atoms with Crippen LogP contribution >= 0.6 is 0 Å². The monoisotopic (exact) mass is 789 g/mol. The molecule has 0 atom stereocenters. The van der Waals surface area contributed by atoms with Crippen molar-refractivity contribution in [3.8, 4) is 33.8 Å². The average molecular weight is 789 g/mol. The molecular formula is C56H32B5NO. The van der Waals surface area contributed by atoms with Gasteiger partial charge in [0.1, 0.15) is 50.7 Å². The number of anilines is 3. The Hall–Kier alpha value is -7.10. The van der Waals surface area contributed by atoms with E-state index < -0.39 is 10.8 Å². The van der Waals surface area contributed by atoms with Crippen molar-refractivity contribution in [3.63, 3.8) is 0 Å². The Morgan fingerprint density at radius 3 is 1.27 bits per heavy atom. The van der Waals surface area contributed by atoms with Gasteiger partial charge in [0.05, 0.1) is 10.8 Å². The van der Waals surface area contributed by atoms with E-state index in [0.717, 1.165) is 56.3 Å². The molecule has 9 aromatic rings. The van der Waals surface area contributed by atoms with Gasteiger partial charge in [0.25, 0.3) is 0 Å². The highest BCUT2D eigenvalue weighted by Crippen LogP contribution is 2.63. The van der Waals surface area contributed by atoms with Gasteiger partial charge in [-0.15, -0.1) is 16.4 Å². The second-order valence-corrected chi connectivity index (χ2v) is 16.6. The molecule has 0 saturated carbocycles. The molecule has 2 aliphatic carbocycles. The largest absolute Gasteiger partial charge is 0.457 e. The molecule has 0 unspecified atom stereocenters. The fourth-order valence-electron chi connectivity index (χ4n) is 11.0. The van der Waals surface area contributed by atoms with E-state index in [1.165, 1.54) is 33.4 Å². The molecule has 63 heavy (non-hydrogen) atoms. The van der Waals surface area contributed by atoms with E-state index in [4.69, 9.17) is 44.0 Å². The van der Waals surface area contributed by atoms with Crippen molar-refractivity contribution in [2.24, 2.45) is 0 Å². The summed E-state index contributed by atoms with van der Waals surface area (Å²) in [6.45, 7) is 0. The smallest absolute Gasteiger partial charge is 0.132 e. The molecule has 9 aromatic carbocycles. The summed E-state index contributed by atoms with van der Waals surface area (Å²) in [6.07, 6.45) is 0. The van der Waals surface area contributed by atoms with E-state index in [-0.39, 0.29) is 27.3 Å².